The Morgan fingerprint density at radius 2 is 1.82 bits per heavy atom. The molecule has 148 valence electrons. The van der Waals surface area contributed by atoms with Gasteiger partial charge in [0.05, 0.1) is 11.5 Å². The van der Waals surface area contributed by atoms with Crippen LogP contribution in [0.5, 0.6) is 0 Å². The van der Waals surface area contributed by atoms with Crippen LogP contribution in [0.15, 0.2) is 54.6 Å². The highest BCUT2D eigenvalue weighted by atomic mass is 19.1. The Labute approximate surface area is 169 Å². The number of hydrogen-bond acceptors (Lipinski definition) is 2. The second kappa shape index (κ2) is 9.34. The molecule has 2 aromatic rings. The van der Waals surface area contributed by atoms with Crippen LogP contribution < -0.4 is 0 Å². The third-order valence-electron chi connectivity index (χ3n) is 6.58. The van der Waals surface area contributed by atoms with Gasteiger partial charge in [-0.3, -0.25) is 4.90 Å². The summed E-state index contributed by atoms with van der Waals surface area (Å²) in [5.41, 5.74) is 1.81. The largest absolute Gasteiger partial charge is 0.297 e. The first-order valence-electron chi connectivity index (χ1n) is 10.5. The Kier molecular flexibility index (Phi) is 6.86. The molecular weight excluding hydrogens is 347 g/mol. The van der Waals surface area contributed by atoms with E-state index in [4.69, 9.17) is 0 Å². The van der Waals surface area contributed by atoms with Crippen molar-refractivity contribution in [3.05, 3.63) is 71.5 Å². The van der Waals surface area contributed by atoms with Gasteiger partial charge in [-0.2, -0.15) is 5.26 Å². The van der Waals surface area contributed by atoms with Crippen molar-refractivity contribution in [1.29, 1.82) is 5.26 Å². The van der Waals surface area contributed by atoms with E-state index in [0.29, 0.717) is 12.0 Å². The molecule has 1 aliphatic carbocycles. The van der Waals surface area contributed by atoms with Crippen molar-refractivity contribution >= 4 is 0 Å². The predicted octanol–water partition coefficient (Wildman–Crippen LogP) is 6.08. The van der Waals surface area contributed by atoms with E-state index in [-0.39, 0.29) is 5.82 Å². The zero-order chi connectivity index (χ0) is 20.0. The lowest BCUT2D eigenvalue weighted by Crippen LogP contribution is -2.40. The summed E-state index contributed by atoms with van der Waals surface area (Å²) >= 11 is 0. The molecule has 1 aliphatic rings. The van der Waals surface area contributed by atoms with Crippen LogP contribution in [-0.4, -0.2) is 17.5 Å². The minimum atomic E-state index is -0.494. The molecule has 0 saturated heterocycles. The van der Waals surface area contributed by atoms with Crippen LogP contribution in [-0.2, 0) is 12.0 Å². The minimum Gasteiger partial charge on any atom is -0.297 e. The van der Waals surface area contributed by atoms with Crippen LogP contribution in [0, 0.1) is 23.1 Å². The van der Waals surface area contributed by atoms with E-state index >= 15 is 0 Å². The second-order valence-corrected chi connectivity index (χ2v) is 8.15. The highest BCUT2D eigenvalue weighted by Crippen LogP contribution is 2.47. The molecule has 28 heavy (non-hydrogen) atoms. The summed E-state index contributed by atoms with van der Waals surface area (Å²) in [5.74, 6) is 0.150. The van der Waals surface area contributed by atoms with E-state index < -0.39 is 5.41 Å². The number of nitriles is 1. The van der Waals surface area contributed by atoms with Gasteiger partial charge in [-0.25, -0.2) is 4.39 Å². The van der Waals surface area contributed by atoms with Crippen LogP contribution in [0.25, 0.3) is 0 Å². The Hall–Kier alpha value is -2.18. The third kappa shape index (κ3) is 4.45. The van der Waals surface area contributed by atoms with Gasteiger partial charge in [0.15, 0.2) is 0 Å². The molecule has 0 amide bonds. The van der Waals surface area contributed by atoms with Gasteiger partial charge in [0.25, 0.3) is 0 Å². The van der Waals surface area contributed by atoms with Crippen LogP contribution in [0.1, 0.15) is 57.1 Å². The van der Waals surface area contributed by atoms with Crippen molar-refractivity contribution in [2.75, 3.05) is 6.54 Å². The molecule has 3 rings (SSSR count). The van der Waals surface area contributed by atoms with Gasteiger partial charge in [-0.1, -0.05) is 55.8 Å². The molecule has 1 saturated carbocycles. The maximum Gasteiger partial charge on any atom is 0.123 e. The number of rotatable bonds is 9. The molecule has 0 aromatic heterocycles. The summed E-state index contributed by atoms with van der Waals surface area (Å²) in [4.78, 5) is 2.48. The fourth-order valence-corrected chi connectivity index (χ4v) is 4.46. The van der Waals surface area contributed by atoms with Gasteiger partial charge in [0.2, 0.25) is 0 Å². The van der Waals surface area contributed by atoms with Gasteiger partial charge in [-0.15, -0.1) is 0 Å². The van der Waals surface area contributed by atoms with Crippen LogP contribution in [0.3, 0.4) is 0 Å². The van der Waals surface area contributed by atoms with Crippen LogP contribution in [0.2, 0.25) is 0 Å². The maximum absolute atomic E-state index is 13.5. The van der Waals surface area contributed by atoms with Crippen molar-refractivity contribution in [2.45, 2.75) is 64.0 Å². The van der Waals surface area contributed by atoms with Crippen molar-refractivity contribution < 1.29 is 4.39 Å². The summed E-state index contributed by atoms with van der Waals surface area (Å²) in [7, 11) is 0. The lowest BCUT2D eigenvalue weighted by molar-refractivity contribution is 0.157. The first kappa shape index (κ1) is 20.6. The fourth-order valence-electron chi connectivity index (χ4n) is 4.46. The molecule has 2 unspecified atom stereocenters. The molecule has 0 aliphatic heterocycles. The highest BCUT2D eigenvalue weighted by Gasteiger charge is 2.43. The Morgan fingerprint density at radius 1 is 1.14 bits per heavy atom. The minimum absolute atomic E-state index is 0.238. The molecule has 0 heterocycles. The van der Waals surface area contributed by atoms with E-state index in [9.17, 15) is 9.65 Å². The number of benzene rings is 2. The number of nitrogens with zero attached hydrogens (tertiary/aromatic N) is 2. The van der Waals surface area contributed by atoms with E-state index in [2.05, 4.69) is 49.1 Å². The van der Waals surface area contributed by atoms with Gasteiger partial charge >= 0.3 is 0 Å². The molecule has 3 heteroatoms. The predicted molar refractivity (Wildman–Crippen MR) is 112 cm³/mol. The quantitative estimate of drug-likeness (QED) is 0.529. The average Bonchev–Trinajstić information content (AvgIpc) is 2.69. The summed E-state index contributed by atoms with van der Waals surface area (Å²) in [5, 5.41) is 10.2. The lowest BCUT2D eigenvalue weighted by atomic mass is 9.60. The maximum atomic E-state index is 13.5. The first-order chi connectivity index (χ1) is 13.6. The van der Waals surface area contributed by atoms with E-state index in [1.807, 2.05) is 18.2 Å². The first-order valence-corrected chi connectivity index (χ1v) is 10.5. The van der Waals surface area contributed by atoms with E-state index in [1.54, 1.807) is 0 Å². The van der Waals surface area contributed by atoms with Crippen molar-refractivity contribution in [1.82, 2.24) is 4.90 Å². The summed E-state index contributed by atoms with van der Waals surface area (Å²) in [6.07, 6.45) is 5.18. The number of halogens is 1. The molecule has 0 bridgehead atoms. The summed E-state index contributed by atoms with van der Waals surface area (Å²) < 4.78 is 13.5. The Morgan fingerprint density at radius 3 is 2.36 bits per heavy atom. The SMILES string of the molecule is CCN(Cc1ccccc1)C(C)CCC(C#N)(c1ccc(F)cc1)C1CCC1. The molecule has 0 N–H and O–H groups in total. The molecule has 2 nitrogen and oxygen atoms in total. The average molecular weight is 379 g/mol. The Bertz CT molecular complexity index is 776. The van der Waals surface area contributed by atoms with E-state index in [1.165, 1.54) is 24.1 Å². The second-order valence-electron chi connectivity index (χ2n) is 8.15. The molecule has 0 radical (unpaired) electrons. The van der Waals surface area contributed by atoms with E-state index in [0.717, 1.165) is 44.3 Å². The highest BCUT2D eigenvalue weighted by molar-refractivity contribution is 5.35. The molecule has 2 aromatic carbocycles. The normalized spacial score (nSPS) is 17.5. The van der Waals surface area contributed by atoms with Crippen molar-refractivity contribution in [3.63, 3.8) is 0 Å². The van der Waals surface area contributed by atoms with Gasteiger partial charge in [-0.05, 0) is 68.3 Å². The van der Waals surface area contributed by atoms with Crippen LogP contribution in [0.4, 0.5) is 4.39 Å². The van der Waals surface area contributed by atoms with Gasteiger partial charge in [0, 0.05) is 12.6 Å². The zero-order valence-corrected chi connectivity index (χ0v) is 17.1. The Balaban J connectivity index is 1.73. The molecule has 1 fully saturated rings. The van der Waals surface area contributed by atoms with Crippen molar-refractivity contribution in [2.24, 2.45) is 5.92 Å². The lowest BCUT2D eigenvalue weighted by Gasteiger charge is -2.42. The van der Waals surface area contributed by atoms with Gasteiger partial charge < -0.3 is 0 Å². The fraction of sp³-hybridized carbons (Fsp3) is 0.480. The van der Waals surface area contributed by atoms with Crippen LogP contribution >= 0.6 is 0 Å². The molecule has 2 atom stereocenters. The summed E-state index contributed by atoms with van der Waals surface area (Å²) in [6.45, 7) is 6.37. The third-order valence-corrected chi connectivity index (χ3v) is 6.58. The number of hydrogen-bond donors (Lipinski definition) is 0. The standard InChI is InChI=1S/C25H31FN2/c1-3-28(18-21-8-5-4-6-9-21)20(2)16-17-25(19-27,22-10-7-11-22)23-12-14-24(26)15-13-23/h4-6,8-9,12-15,20,22H,3,7,10-11,16-18H2,1-2H3. The topological polar surface area (TPSA) is 27.0 Å². The van der Waals surface area contributed by atoms with Crippen molar-refractivity contribution in [3.8, 4) is 6.07 Å². The monoisotopic (exact) mass is 378 g/mol. The molecule has 0 spiro atoms. The summed E-state index contributed by atoms with van der Waals surface area (Å²) in [6, 6.07) is 20.3. The zero-order valence-electron chi connectivity index (χ0n) is 17.1. The molecular formula is C25H31FN2. The van der Waals surface area contributed by atoms with Gasteiger partial charge in [0.1, 0.15) is 5.82 Å². The smallest absolute Gasteiger partial charge is 0.123 e.